The Kier molecular flexibility index (Phi) is 4.83. The second-order valence-electron chi connectivity index (χ2n) is 4.91. The first-order chi connectivity index (χ1) is 6.29. The van der Waals surface area contributed by atoms with Crippen molar-refractivity contribution < 1.29 is 0 Å². The highest BCUT2D eigenvalue weighted by Crippen LogP contribution is 2.39. The molecule has 1 rings (SSSR count). The summed E-state index contributed by atoms with van der Waals surface area (Å²) in [6.45, 7) is 7.15. The summed E-state index contributed by atoms with van der Waals surface area (Å²) in [5.41, 5.74) is 0. The summed E-state index contributed by atoms with van der Waals surface area (Å²) >= 11 is 0. The van der Waals surface area contributed by atoms with E-state index in [9.17, 15) is 0 Å². The lowest BCUT2D eigenvalue weighted by Crippen LogP contribution is -2.26. The summed E-state index contributed by atoms with van der Waals surface area (Å²) < 4.78 is 0. The van der Waals surface area contributed by atoms with Crippen molar-refractivity contribution in [2.45, 2.75) is 65.7 Å². The van der Waals surface area contributed by atoms with Crippen LogP contribution in [-0.4, -0.2) is 0 Å². The third-order valence-electron chi connectivity index (χ3n) is 3.85. The Hall–Kier alpha value is 0. The minimum absolute atomic E-state index is 1.00. The molecule has 0 aliphatic heterocycles. The van der Waals surface area contributed by atoms with E-state index in [2.05, 4.69) is 20.8 Å². The first-order valence-corrected chi connectivity index (χ1v) is 6.29. The molecule has 0 saturated heterocycles. The van der Waals surface area contributed by atoms with E-state index in [0.717, 1.165) is 17.8 Å². The van der Waals surface area contributed by atoms with E-state index in [1.165, 1.54) is 44.9 Å². The van der Waals surface area contributed by atoms with Crippen LogP contribution in [0.1, 0.15) is 65.7 Å². The highest BCUT2D eigenvalue weighted by Gasteiger charge is 2.28. The third kappa shape index (κ3) is 3.00. The molecule has 0 spiro atoms. The van der Waals surface area contributed by atoms with Crippen LogP contribution in [0.3, 0.4) is 0 Å². The highest BCUT2D eigenvalue weighted by molar-refractivity contribution is 4.79. The summed E-state index contributed by atoms with van der Waals surface area (Å²) in [5, 5.41) is 0. The van der Waals surface area contributed by atoms with Gasteiger partial charge in [0.15, 0.2) is 0 Å². The van der Waals surface area contributed by atoms with Crippen LogP contribution in [0, 0.1) is 17.8 Å². The van der Waals surface area contributed by atoms with Crippen molar-refractivity contribution in [2.24, 2.45) is 17.8 Å². The Morgan fingerprint density at radius 2 is 1.69 bits per heavy atom. The zero-order chi connectivity index (χ0) is 9.68. The number of rotatable bonds is 4. The first kappa shape index (κ1) is 11.1. The lowest BCUT2D eigenvalue weighted by Gasteiger charge is -2.36. The van der Waals surface area contributed by atoms with Crippen LogP contribution in [0.25, 0.3) is 0 Å². The Morgan fingerprint density at radius 1 is 1.00 bits per heavy atom. The molecule has 0 heterocycles. The molecule has 1 aliphatic carbocycles. The Balaban J connectivity index is 2.46. The molecule has 13 heavy (non-hydrogen) atoms. The molecular weight excluding hydrogens is 156 g/mol. The minimum atomic E-state index is 1.00. The molecule has 1 fully saturated rings. The summed E-state index contributed by atoms with van der Waals surface area (Å²) in [6.07, 6.45) is 10.2. The topological polar surface area (TPSA) is 0 Å². The van der Waals surface area contributed by atoms with E-state index in [1.54, 1.807) is 0 Å². The average molecular weight is 182 g/mol. The van der Waals surface area contributed by atoms with Crippen molar-refractivity contribution in [2.75, 3.05) is 0 Å². The molecule has 0 radical (unpaired) electrons. The van der Waals surface area contributed by atoms with Gasteiger partial charge in [0.25, 0.3) is 0 Å². The standard InChI is InChI=1S/C13H26/c1-4-7-12-10-6-9-11(3)13(12)8-5-2/h11-13H,4-10H2,1-3H3/t11-,12?,13?/m1/s1. The molecule has 1 saturated carbocycles. The van der Waals surface area contributed by atoms with E-state index >= 15 is 0 Å². The van der Waals surface area contributed by atoms with Gasteiger partial charge in [0.05, 0.1) is 0 Å². The Labute approximate surface area is 84.1 Å². The number of hydrogen-bond donors (Lipinski definition) is 0. The second kappa shape index (κ2) is 5.67. The van der Waals surface area contributed by atoms with E-state index in [4.69, 9.17) is 0 Å². The summed E-state index contributed by atoms with van der Waals surface area (Å²) in [7, 11) is 0. The molecule has 0 N–H and O–H groups in total. The van der Waals surface area contributed by atoms with E-state index in [1.807, 2.05) is 0 Å². The van der Waals surface area contributed by atoms with Crippen molar-refractivity contribution in [3.05, 3.63) is 0 Å². The normalized spacial score (nSPS) is 34.8. The van der Waals surface area contributed by atoms with Crippen molar-refractivity contribution in [1.29, 1.82) is 0 Å². The number of hydrogen-bond acceptors (Lipinski definition) is 0. The van der Waals surface area contributed by atoms with Crippen LogP contribution >= 0.6 is 0 Å². The molecule has 0 heteroatoms. The fourth-order valence-corrected chi connectivity index (χ4v) is 3.18. The van der Waals surface area contributed by atoms with Crippen molar-refractivity contribution in [1.82, 2.24) is 0 Å². The van der Waals surface area contributed by atoms with Crippen molar-refractivity contribution >= 4 is 0 Å². The van der Waals surface area contributed by atoms with Gasteiger partial charge in [0.1, 0.15) is 0 Å². The lowest BCUT2D eigenvalue weighted by molar-refractivity contribution is 0.144. The maximum atomic E-state index is 2.47. The van der Waals surface area contributed by atoms with E-state index < -0.39 is 0 Å². The predicted molar refractivity (Wildman–Crippen MR) is 59.8 cm³/mol. The van der Waals surface area contributed by atoms with Crippen LogP contribution in [0.5, 0.6) is 0 Å². The fourth-order valence-electron chi connectivity index (χ4n) is 3.18. The molecule has 1 aliphatic rings. The van der Waals surface area contributed by atoms with Crippen molar-refractivity contribution in [3.63, 3.8) is 0 Å². The zero-order valence-electron chi connectivity index (χ0n) is 9.68. The van der Waals surface area contributed by atoms with E-state index in [0.29, 0.717) is 0 Å². The zero-order valence-corrected chi connectivity index (χ0v) is 9.68. The van der Waals surface area contributed by atoms with Crippen LogP contribution in [-0.2, 0) is 0 Å². The molecule has 2 unspecified atom stereocenters. The summed E-state index contributed by atoms with van der Waals surface area (Å²) in [6, 6.07) is 0. The molecule has 3 atom stereocenters. The molecule has 0 aromatic carbocycles. The van der Waals surface area contributed by atoms with Crippen LogP contribution in [0.15, 0.2) is 0 Å². The van der Waals surface area contributed by atoms with Gasteiger partial charge in [-0.1, -0.05) is 65.7 Å². The fraction of sp³-hybridized carbons (Fsp3) is 1.00. The second-order valence-corrected chi connectivity index (χ2v) is 4.91. The van der Waals surface area contributed by atoms with Gasteiger partial charge in [-0.25, -0.2) is 0 Å². The largest absolute Gasteiger partial charge is 0.0654 e. The molecular formula is C13H26. The molecule has 78 valence electrons. The van der Waals surface area contributed by atoms with E-state index in [-0.39, 0.29) is 0 Å². The van der Waals surface area contributed by atoms with Gasteiger partial charge in [-0.2, -0.15) is 0 Å². The molecule has 0 nitrogen and oxygen atoms in total. The van der Waals surface area contributed by atoms with Crippen LogP contribution in [0.4, 0.5) is 0 Å². The summed E-state index contributed by atoms with van der Waals surface area (Å²) in [5.74, 6) is 3.12. The maximum Gasteiger partial charge on any atom is -0.0360 e. The molecule has 0 aromatic heterocycles. The third-order valence-corrected chi connectivity index (χ3v) is 3.85. The molecule has 0 amide bonds. The summed E-state index contributed by atoms with van der Waals surface area (Å²) in [4.78, 5) is 0. The van der Waals surface area contributed by atoms with Crippen LogP contribution in [0.2, 0.25) is 0 Å². The quantitative estimate of drug-likeness (QED) is 0.594. The lowest BCUT2D eigenvalue weighted by atomic mass is 9.69. The van der Waals surface area contributed by atoms with Gasteiger partial charge in [0.2, 0.25) is 0 Å². The predicted octanol–water partition coefficient (Wildman–Crippen LogP) is 4.64. The highest BCUT2D eigenvalue weighted by atomic mass is 14.3. The Morgan fingerprint density at radius 3 is 2.31 bits per heavy atom. The monoisotopic (exact) mass is 182 g/mol. The molecule has 0 bridgehead atoms. The smallest absolute Gasteiger partial charge is 0.0360 e. The maximum absolute atomic E-state index is 2.47. The Bertz CT molecular complexity index is 126. The first-order valence-electron chi connectivity index (χ1n) is 6.29. The van der Waals surface area contributed by atoms with Gasteiger partial charge in [0, 0.05) is 0 Å². The van der Waals surface area contributed by atoms with Gasteiger partial charge in [-0.05, 0) is 17.8 Å². The van der Waals surface area contributed by atoms with Gasteiger partial charge >= 0.3 is 0 Å². The average Bonchev–Trinajstić information content (AvgIpc) is 2.11. The molecule has 0 aromatic rings. The van der Waals surface area contributed by atoms with Gasteiger partial charge in [-0.3, -0.25) is 0 Å². The van der Waals surface area contributed by atoms with Gasteiger partial charge in [-0.15, -0.1) is 0 Å². The van der Waals surface area contributed by atoms with Gasteiger partial charge < -0.3 is 0 Å². The minimum Gasteiger partial charge on any atom is -0.0654 e. The SMILES string of the molecule is CCCC1CCC[C@@H](C)C1CCC. The van der Waals surface area contributed by atoms with Crippen molar-refractivity contribution in [3.8, 4) is 0 Å². The van der Waals surface area contributed by atoms with Crippen LogP contribution < -0.4 is 0 Å².